The Bertz CT molecular complexity index is 1920. The van der Waals surface area contributed by atoms with E-state index in [9.17, 15) is 19.8 Å². The van der Waals surface area contributed by atoms with Crippen LogP contribution in [0, 0.1) is 13.8 Å². The van der Waals surface area contributed by atoms with Gasteiger partial charge in [0.05, 0.1) is 22.8 Å². The lowest BCUT2D eigenvalue weighted by Gasteiger charge is -2.06. The van der Waals surface area contributed by atoms with Crippen LogP contribution in [0.15, 0.2) is 24.3 Å². The molecule has 3 aromatic heterocycles. The molecule has 8 nitrogen and oxygen atoms in total. The van der Waals surface area contributed by atoms with E-state index in [0.29, 0.717) is 19.4 Å². The first-order chi connectivity index (χ1) is 21.0. The minimum atomic E-state index is -0.857. The van der Waals surface area contributed by atoms with E-state index in [0.717, 1.165) is 85.5 Å². The van der Waals surface area contributed by atoms with Gasteiger partial charge in [-0.3, -0.25) is 9.59 Å². The van der Waals surface area contributed by atoms with Crippen molar-refractivity contribution in [1.29, 1.82) is 0 Å². The van der Waals surface area contributed by atoms with Crippen molar-refractivity contribution in [3.8, 4) is 0 Å². The first-order valence-electron chi connectivity index (χ1n) is 15.6. The molecule has 44 heavy (non-hydrogen) atoms. The molecule has 3 N–H and O–H groups in total. The van der Waals surface area contributed by atoms with Gasteiger partial charge in [0, 0.05) is 41.5 Å². The smallest absolute Gasteiger partial charge is 0.303 e. The van der Waals surface area contributed by atoms with Gasteiger partial charge in [-0.2, -0.15) is 0 Å². The summed E-state index contributed by atoms with van der Waals surface area (Å²) < 4.78 is 2.21. The van der Waals surface area contributed by atoms with Gasteiger partial charge in [-0.05, 0) is 129 Å². The third kappa shape index (κ3) is 5.49. The first-order valence-corrected chi connectivity index (χ1v) is 15.6. The molecule has 2 aliphatic heterocycles. The quantitative estimate of drug-likeness (QED) is 0.230. The number of nitrogens with one attached hydrogen (secondary N) is 1. The zero-order valence-corrected chi connectivity index (χ0v) is 26.8. The minimum Gasteiger partial charge on any atom is -0.481 e. The van der Waals surface area contributed by atoms with Crippen LogP contribution in [0.1, 0.15) is 105 Å². The Balaban J connectivity index is 1.99. The number of hydrogen-bond acceptors (Lipinski definition) is 4. The molecule has 0 radical (unpaired) electrons. The Hall–Kier alpha value is -4.46. The lowest BCUT2D eigenvalue weighted by Crippen LogP contribution is -1.99. The van der Waals surface area contributed by atoms with Gasteiger partial charge in [0.1, 0.15) is 0 Å². The molecule has 0 amide bonds. The minimum absolute atomic E-state index is 0.00370. The molecule has 0 spiro atoms. The van der Waals surface area contributed by atoms with Crippen LogP contribution < -0.4 is 0 Å². The number of aliphatic carboxylic acids is 2. The molecular formula is C36H42N4O4. The van der Waals surface area contributed by atoms with Crippen molar-refractivity contribution in [2.75, 3.05) is 0 Å². The van der Waals surface area contributed by atoms with E-state index < -0.39 is 11.9 Å². The zero-order valence-electron chi connectivity index (χ0n) is 26.8. The number of nitrogens with zero attached hydrogens (tertiary/aromatic N) is 3. The van der Waals surface area contributed by atoms with E-state index in [4.69, 9.17) is 9.97 Å². The van der Waals surface area contributed by atoms with E-state index in [1.165, 1.54) is 16.7 Å². The molecule has 0 unspecified atom stereocenters. The number of aromatic nitrogens is 4. The van der Waals surface area contributed by atoms with Crippen molar-refractivity contribution in [2.45, 2.75) is 93.5 Å². The number of carbonyl (C=O) groups is 2. The predicted molar refractivity (Wildman–Crippen MR) is 177 cm³/mol. The summed E-state index contributed by atoms with van der Waals surface area (Å²) in [6.45, 7) is 15.4. The van der Waals surface area contributed by atoms with Gasteiger partial charge >= 0.3 is 11.9 Å². The fourth-order valence-corrected chi connectivity index (χ4v) is 6.78. The van der Waals surface area contributed by atoms with Gasteiger partial charge in [0.25, 0.3) is 0 Å². The second kappa shape index (κ2) is 12.3. The first kappa shape index (κ1) is 31.0. The Morgan fingerprint density at radius 3 is 1.86 bits per heavy atom. The van der Waals surface area contributed by atoms with Gasteiger partial charge in [-0.15, -0.1) is 0 Å². The summed E-state index contributed by atoms with van der Waals surface area (Å²) in [6.07, 6.45) is 2.43. The lowest BCUT2D eigenvalue weighted by molar-refractivity contribution is -0.137. The summed E-state index contributed by atoms with van der Waals surface area (Å²) in [7, 11) is 0. The van der Waals surface area contributed by atoms with Crippen molar-refractivity contribution in [3.63, 3.8) is 0 Å². The Morgan fingerprint density at radius 2 is 1.25 bits per heavy atom. The predicted octanol–water partition coefficient (Wildman–Crippen LogP) is 8.14. The molecular weight excluding hydrogens is 552 g/mol. The van der Waals surface area contributed by atoms with Crippen LogP contribution in [0.3, 0.4) is 0 Å². The number of fused-ring (bicyclic) bond motifs is 8. The summed E-state index contributed by atoms with van der Waals surface area (Å²) in [5, 5.41) is 19.1. The highest BCUT2D eigenvalue weighted by atomic mass is 16.4. The maximum Gasteiger partial charge on any atom is 0.303 e. The van der Waals surface area contributed by atoms with Gasteiger partial charge in [0.15, 0.2) is 0 Å². The van der Waals surface area contributed by atoms with E-state index in [2.05, 4.69) is 69.3 Å². The lowest BCUT2D eigenvalue weighted by atomic mass is 10.00. The van der Waals surface area contributed by atoms with Crippen molar-refractivity contribution >= 4 is 56.3 Å². The second-order valence-electron chi connectivity index (χ2n) is 11.7. The van der Waals surface area contributed by atoms with Crippen LogP contribution in [0.4, 0.5) is 0 Å². The summed E-state index contributed by atoms with van der Waals surface area (Å²) in [5.41, 5.74) is 15.9. The molecule has 0 saturated carbocycles. The molecule has 0 aliphatic carbocycles. The largest absolute Gasteiger partial charge is 0.481 e. The molecule has 230 valence electrons. The molecule has 8 bridgehead atoms. The summed E-state index contributed by atoms with van der Waals surface area (Å²) >= 11 is 0. The highest BCUT2D eigenvalue weighted by molar-refractivity contribution is 5.95. The van der Waals surface area contributed by atoms with Gasteiger partial charge in [0.2, 0.25) is 0 Å². The summed E-state index contributed by atoms with van der Waals surface area (Å²) in [5.74, 6) is -1.71. The average molecular weight is 595 g/mol. The SMILES string of the molecule is CCC1=C(C)c2cc3c(C)c(CCC(=O)O)c(cc4nc(cc5[nH]c(cc1n2)c(C)c5CC)C(C)=C4CCC(=O)O)n3CC. The normalized spacial score (nSPS) is 13.2. The van der Waals surface area contributed by atoms with Crippen molar-refractivity contribution in [1.82, 2.24) is 19.5 Å². The van der Waals surface area contributed by atoms with Crippen LogP contribution in [-0.4, -0.2) is 41.7 Å². The van der Waals surface area contributed by atoms with E-state index in [-0.39, 0.29) is 12.8 Å². The van der Waals surface area contributed by atoms with Crippen molar-refractivity contribution in [2.24, 2.45) is 0 Å². The van der Waals surface area contributed by atoms with Crippen molar-refractivity contribution in [3.05, 3.63) is 69.3 Å². The van der Waals surface area contributed by atoms with Gasteiger partial charge < -0.3 is 19.8 Å². The van der Waals surface area contributed by atoms with Crippen LogP contribution >= 0.6 is 0 Å². The fourth-order valence-electron chi connectivity index (χ4n) is 6.78. The third-order valence-corrected chi connectivity index (χ3v) is 9.26. The van der Waals surface area contributed by atoms with Crippen molar-refractivity contribution < 1.29 is 19.8 Å². The molecule has 8 heteroatoms. The topological polar surface area (TPSA) is 121 Å². The molecule has 0 atom stereocenters. The Morgan fingerprint density at radius 1 is 0.682 bits per heavy atom. The van der Waals surface area contributed by atoms with E-state index >= 15 is 0 Å². The molecule has 0 saturated heterocycles. The number of carboxylic acid groups (broad SMARTS) is 2. The Kier molecular flexibility index (Phi) is 8.64. The monoisotopic (exact) mass is 594 g/mol. The van der Waals surface area contributed by atoms with E-state index in [1.54, 1.807) is 0 Å². The number of aryl methyl sites for hydroxylation is 5. The second-order valence-corrected chi connectivity index (χ2v) is 11.7. The number of aromatic amines is 1. The molecule has 0 fully saturated rings. The van der Waals surface area contributed by atoms with Crippen LogP contribution in [-0.2, 0) is 29.0 Å². The summed E-state index contributed by atoms with van der Waals surface area (Å²) in [6, 6.07) is 8.40. The number of rotatable bonds is 9. The molecule has 3 aromatic rings. The molecule has 2 aliphatic rings. The Labute approximate surface area is 258 Å². The fraction of sp³-hybridized carbons (Fsp3) is 0.389. The third-order valence-electron chi connectivity index (χ3n) is 9.26. The highest BCUT2D eigenvalue weighted by Crippen LogP contribution is 2.37. The molecule has 0 aromatic carbocycles. The number of hydrogen-bond donors (Lipinski definition) is 3. The van der Waals surface area contributed by atoms with Gasteiger partial charge in [-0.1, -0.05) is 13.8 Å². The zero-order chi connectivity index (χ0) is 31.9. The number of H-pyrrole nitrogens is 1. The van der Waals surface area contributed by atoms with Crippen LogP contribution in [0.2, 0.25) is 0 Å². The number of allylic oxidation sites excluding steroid dienone is 4. The average Bonchev–Trinajstić information content (AvgIpc) is 3.62. The van der Waals surface area contributed by atoms with Crippen LogP contribution in [0.25, 0.3) is 44.4 Å². The van der Waals surface area contributed by atoms with E-state index in [1.807, 2.05) is 13.0 Å². The number of carboxylic acids is 2. The standard InChI is InChI=1S/C36H42N4O4/c1-8-23-19(4)27-15-31-24(9-2)20(5)29(39-31)17-33-22(7)26(12-14-36(43)44)34(40(33)10-3)18-32-25(11-13-35(41)42)21(6)28(38-32)16-30(23)37-27/h15-18,37H,8-14H2,1-7H3,(H,41,42)(H,43,44). The van der Waals surface area contributed by atoms with Crippen LogP contribution in [0.5, 0.6) is 0 Å². The highest BCUT2D eigenvalue weighted by Gasteiger charge is 2.22. The maximum atomic E-state index is 11.7. The van der Waals surface area contributed by atoms with Gasteiger partial charge in [-0.25, -0.2) is 9.97 Å². The molecule has 5 heterocycles. The molecule has 5 rings (SSSR count). The maximum absolute atomic E-state index is 11.7. The summed E-state index contributed by atoms with van der Waals surface area (Å²) in [4.78, 5) is 37.2.